The molecule has 0 spiro atoms. The van der Waals surface area contributed by atoms with Gasteiger partial charge in [-0.2, -0.15) is 0 Å². The highest BCUT2D eigenvalue weighted by atomic mass is 16.6. The van der Waals surface area contributed by atoms with E-state index in [4.69, 9.17) is 10.5 Å². The molecule has 0 heterocycles. The maximum Gasteiger partial charge on any atom is 0.408 e. The molecular weight excluding hydrogens is 574 g/mol. The number of hydrogen-bond acceptors (Lipinski definition) is 7. The maximum atomic E-state index is 13.9. The van der Waals surface area contributed by atoms with Crippen LogP contribution < -0.4 is 27.0 Å². The first kappa shape index (κ1) is 40.6. The predicted molar refractivity (Wildman–Crippen MR) is 178 cm³/mol. The SMILES string of the molecule is CCCCNC(=O)[C@H](C)C[C@H](O)[C@H](CC1CCCCC1)NC(=O)[C@@H](NC(=O)[C@H](CCCCN)NC(=O)OC(C)(C)C)[C@@H](C)CC. The first-order valence-electron chi connectivity index (χ1n) is 17.5. The van der Waals surface area contributed by atoms with Crippen LogP contribution in [0.15, 0.2) is 0 Å². The molecule has 1 aliphatic carbocycles. The summed E-state index contributed by atoms with van der Waals surface area (Å²) < 4.78 is 5.38. The molecule has 11 heteroatoms. The molecule has 7 N–H and O–H groups in total. The minimum Gasteiger partial charge on any atom is -0.444 e. The molecule has 11 nitrogen and oxygen atoms in total. The molecule has 1 saturated carbocycles. The molecule has 0 aromatic carbocycles. The summed E-state index contributed by atoms with van der Waals surface area (Å²) in [7, 11) is 0. The Hall–Kier alpha value is -2.40. The van der Waals surface area contributed by atoms with Crippen molar-refractivity contribution in [2.75, 3.05) is 13.1 Å². The van der Waals surface area contributed by atoms with Crippen molar-refractivity contribution in [1.29, 1.82) is 0 Å². The Morgan fingerprint density at radius 3 is 2.16 bits per heavy atom. The first-order valence-corrected chi connectivity index (χ1v) is 17.5. The molecule has 4 amide bonds. The number of hydrogen-bond donors (Lipinski definition) is 6. The van der Waals surface area contributed by atoms with Crippen LogP contribution in [0, 0.1) is 17.8 Å². The number of aliphatic hydroxyl groups is 1. The van der Waals surface area contributed by atoms with Crippen molar-refractivity contribution in [3.63, 3.8) is 0 Å². The molecule has 262 valence electrons. The third-order valence-corrected chi connectivity index (χ3v) is 8.72. The van der Waals surface area contributed by atoms with Gasteiger partial charge in [0.25, 0.3) is 0 Å². The molecular formula is C34H65N5O6. The number of carbonyl (C=O) groups is 4. The average Bonchev–Trinajstić information content (AvgIpc) is 2.98. The molecule has 1 rings (SSSR count). The monoisotopic (exact) mass is 639 g/mol. The van der Waals surface area contributed by atoms with Crippen molar-refractivity contribution in [2.45, 2.75) is 162 Å². The Morgan fingerprint density at radius 2 is 1.58 bits per heavy atom. The third-order valence-electron chi connectivity index (χ3n) is 8.72. The van der Waals surface area contributed by atoms with Crippen molar-refractivity contribution in [1.82, 2.24) is 21.3 Å². The number of alkyl carbamates (subject to hydrolysis) is 1. The summed E-state index contributed by atoms with van der Waals surface area (Å²) in [5, 5.41) is 23.0. The van der Waals surface area contributed by atoms with Gasteiger partial charge in [0.2, 0.25) is 17.7 Å². The Kier molecular flexibility index (Phi) is 19.3. The Balaban J connectivity index is 3.11. The fourth-order valence-electron chi connectivity index (χ4n) is 5.73. The smallest absolute Gasteiger partial charge is 0.408 e. The molecule has 0 bridgehead atoms. The van der Waals surface area contributed by atoms with Gasteiger partial charge in [0.05, 0.1) is 12.1 Å². The Labute approximate surface area is 272 Å². The van der Waals surface area contributed by atoms with Gasteiger partial charge in [0, 0.05) is 12.5 Å². The van der Waals surface area contributed by atoms with E-state index in [1.807, 2.05) is 13.8 Å². The molecule has 0 saturated heterocycles. The van der Waals surface area contributed by atoms with Crippen LogP contribution in [0.4, 0.5) is 4.79 Å². The Bertz CT molecular complexity index is 889. The number of carbonyl (C=O) groups excluding carboxylic acids is 4. The predicted octanol–water partition coefficient (Wildman–Crippen LogP) is 4.30. The number of ether oxygens (including phenoxy) is 1. The molecule has 0 aromatic heterocycles. The van der Waals surface area contributed by atoms with E-state index >= 15 is 0 Å². The van der Waals surface area contributed by atoms with E-state index in [1.165, 1.54) is 6.42 Å². The first-order chi connectivity index (χ1) is 21.2. The van der Waals surface area contributed by atoms with Gasteiger partial charge in [-0.25, -0.2) is 4.79 Å². The number of amides is 4. The van der Waals surface area contributed by atoms with E-state index < -0.39 is 47.7 Å². The number of nitrogens with two attached hydrogens (primary N) is 1. The second kappa shape index (κ2) is 21.4. The molecule has 0 radical (unpaired) electrons. The van der Waals surface area contributed by atoms with Gasteiger partial charge < -0.3 is 36.8 Å². The highest BCUT2D eigenvalue weighted by molar-refractivity contribution is 5.91. The van der Waals surface area contributed by atoms with E-state index in [1.54, 1.807) is 27.7 Å². The van der Waals surface area contributed by atoms with Crippen LogP contribution in [0.2, 0.25) is 0 Å². The lowest BCUT2D eigenvalue weighted by molar-refractivity contribution is -0.132. The van der Waals surface area contributed by atoms with Crippen LogP contribution in [0.3, 0.4) is 0 Å². The zero-order valence-corrected chi connectivity index (χ0v) is 29.2. The van der Waals surface area contributed by atoms with Crippen LogP contribution in [-0.2, 0) is 19.1 Å². The van der Waals surface area contributed by atoms with E-state index in [9.17, 15) is 24.3 Å². The van der Waals surface area contributed by atoms with E-state index in [2.05, 4.69) is 28.2 Å². The summed E-state index contributed by atoms with van der Waals surface area (Å²) in [6.45, 7) is 14.0. The minimum absolute atomic E-state index is 0.104. The lowest BCUT2D eigenvalue weighted by Crippen LogP contribution is -2.58. The average molecular weight is 640 g/mol. The highest BCUT2D eigenvalue weighted by Gasteiger charge is 2.34. The second-order valence-corrected chi connectivity index (χ2v) is 14.1. The normalized spacial score (nSPS) is 18.1. The van der Waals surface area contributed by atoms with Crippen LogP contribution in [0.5, 0.6) is 0 Å². The molecule has 0 aliphatic heterocycles. The summed E-state index contributed by atoms with van der Waals surface area (Å²) in [6, 6.07) is -2.34. The topological polar surface area (TPSA) is 172 Å². The zero-order chi connectivity index (χ0) is 34.0. The van der Waals surface area contributed by atoms with Gasteiger partial charge >= 0.3 is 6.09 Å². The van der Waals surface area contributed by atoms with Gasteiger partial charge in [-0.15, -0.1) is 0 Å². The van der Waals surface area contributed by atoms with Gasteiger partial charge in [0.1, 0.15) is 17.7 Å². The van der Waals surface area contributed by atoms with E-state index in [0.29, 0.717) is 51.1 Å². The molecule has 1 aliphatic rings. The van der Waals surface area contributed by atoms with E-state index in [-0.39, 0.29) is 24.2 Å². The molecule has 6 atom stereocenters. The summed E-state index contributed by atoms with van der Waals surface area (Å²) in [4.78, 5) is 52.6. The quantitative estimate of drug-likeness (QED) is 0.108. The molecule has 0 aromatic rings. The van der Waals surface area contributed by atoms with Gasteiger partial charge in [-0.05, 0) is 77.7 Å². The maximum absolute atomic E-state index is 13.9. The fraction of sp³-hybridized carbons (Fsp3) is 0.882. The van der Waals surface area contributed by atoms with Gasteiger partial charge in [-0.3, -0.25) is 14.4 Å². The summed E-state index contributed by atoms with van der Waals surface area (Å²) in [5.74, 6) is -1.21. The van der Waals surface area contributed by atoms with Crippen LogP contribution >= 0.6 is 0 Å². The molecule has 0 unspecified atom stereocenters. The van der Waals surface area contributed by atoms with Crippen molar-refractivity contribution < 1.29 is 29.0 Å². The summed E-state index contributed by atoms with van der Waals surface area (Å²) in [5.41, 5.74) is 4.92. The molecule has 45 heavy (non-hydrogen) atoms. The summed E-state index contributed by atoms with van der Waals surface area (Å²) >= 11 is 0. The lowest BCUT2D eigenvalue weighted by Gasteiger charge is -2.33. The van der Waals surface area contributed by atoms with Crippen molar-refractivity contribution in [2.24, 2.45) is 23.5 Å². The third kappa shape index (κ3) is 16.6. The lowest BCUT2D eigenvalue weighted by atomic mass is 9.82. The summed E-state index contributed by atoms with van der Waals surface area (Å²) in [6.07, 6.45) is 8.87. The van der Waals surface area contributed by atoms with Crippen LogP contribution in [0.25, 0.3) is 0 Å². The number of aliphatic hydroxyl groups excluding tert-OH is 1. The number of unbranched alkanes of at least 4 members (excludes halogenated alkanes) is 2. The van der Waals surface area contributed by atoms with Crippen LogP contribution in [0.1, 0.15) is 132 Å². The van der Waals surface area contributed by atoms with Crippen molar-refractivity contribution in [3.8, 4) is 0 Å². The molecule has 1 fully saturated rings. The number of nitrogens with one attached hydrogen (secondary N) is 4. The zero-order valence-electron chi connectivity index (χ0n) is 29.2. The number of rotatable bonds is 20. The van der Waals surface area contributed by atoms with Crippen molar-refractivity contribution in [3.05, 3.63) is 0 Å². The Morgan fingerprint density at radius 1 is 0.911 bits per heavy atom. The highest BCUT2D eigenvalue weighted by Crippen LogP contribution is 2.29. The van der Waals surface area contributed by atoms with Gasteiger partial charge in [-0.1, -0.05) is 72.6 Å². The van der Waals surface area contributed by atoms with E-state index in [0.717, 1.165) is 38.5 Å². The van der Waals surface area contributed by atoms with Crippen LogP contribution in [-0.4, -0.2) is 71.8 Å². The largest absolute Gasteiger partial charge is 0.444 e. The fourth-order valence-corrected chi connectivity index (χ4v) is 5.73. The van der Waals surface area contributed by atoms with Gasteiger partial charge in [0.15, 0.2) is 0 Å². The standard InChI is InChI=1S/C34H65N5O6/c1-8-10-20-36-30(41)24(4)21-28(40)27(22-25-16-12-11-13-17-25)37-32(43)29(23(3)9-2)39-31(42)26(18-14-15-19-35)38-33(44)45-34(5,6)7/h23-29,40H,8-22,35H2,1-7H3,(H,36,41)(H,37,43)(H,38,44)(H,39,42)/t23-,24+,26-,27-,28-,29-/m0/s1. The second-order valence-electron chi connectivity index (χ2n) is 14.1. The van der Waals surface area contributed by atoms with Crippen molar-refractivity contribution >= 4 is 23.8 Å². The minimum atomic E-state index is -0.922.